The zero-order valence-corrected chi connectivity index (χ0v) is 13.0. The minimum Gasteiger partial charge on any atom is -0.295 e. The number of carbonyl (C=O) groups is 1. The normalized spacial score (nSPS) is 26.1. The van der Waals surface area contributed by atoms with E-state index in [-0.39, 0.29) is 5.78 Å². The van der Waals surface area contributed by atoms with Gasteiger partial charge in [0.2, 0.25) is 0 Å². The zero-order valence-electron chi connectivity index (χ0n) is 13.0. The Morgan fingerprint density at radius 3 is 2.58 bits per heavy atom. The lowest BCUT2D eigenvalue weighted by molar-refractivity contribution is 0.101. The van der Waals surface area contributed by atoms with E-state index in [4.69, 9.17) is 0 Å². The minimum atomic E-state index is 0.204. The molecule has 0 aromatic heterocycles. The predicted molar refractivity (Wildman–Crippen MR) is 81.1 cm³/mol. The molecule has 0 saturated carbocycles. The lowest BCUT2D eigenvalue weighted by Gasteiger charge is -2.39. The Morgan fingerprint density at radius 1 is 1.37 bits per heavy atom. The highest BCUT2D eigenvalue weighted by Crippen LogP contribution is 2.45. The quantitative estimate of drug-likeness (QED) is 0.696. The fourth-order valence-corrected chi connectivity index (χ4v) is 3.40. The third kappa shape index (κ3) is 2.35. The van der Waals surface area contributed by atoms with Gasteiger partial charge in [0.05, 0.1) is 0 Å². The van der Waals surface area contributed by atoms with Gasteiger partial charge in [-0.15, -0.1) is 0 Å². The summed E-state index contributed by atoms with van der Waals surface area (Å²) in [5, 5.41) is 0. The van der Waals surface area contributed by atoms with E-state index >= 15 is 0 Å². The lowest BCUT2D eigenvalue weighted by atomic mass is 9.66. The molecule has 0 fully saturated rings. The Kier molecular flexibility index (Phi) is 3.85. The summed E-state index contributed by atoms with van der Waals surface area (Å²) in [6, 6.07) is 4.51. The summed E-state index contributed by atoms with van der Waals surface area (Å²) in [5.41, 5.74) is 5.36. The Hall–Kier alpha value is -1.11. The van der Waals surface area contributed by atoms with E-state index in [0.717, 1.165) is 12.0 Å². The maximum Gasteiger partial charge on any atom is 0.160 e. The van der Waals surface area contributed by atoms with Crippen LogP contribution in [0.2, 0.25) is 0 Å². The molecule has 1 heteroatoms. The van der Waals surface area contributed by atoms with E-state index in [9.17, 15) is 4.79 Å². The fourth-order valence-electron chi connectivity index (χ4n) is 3.40. The first-order valence-corrected chi connectivity index (χ1v) is 7.61. The van der Waals surface area contributed by atoms with Crippen molar-refractivity contribution in [3.8, 4) is 0 Å². The highest BCUT2D eigenvalue weighted by molar-refractivity contribution is 5.96. The van der Waals surface area contributed by atoms with Crippen LogP contribution in [0.25, 0.3) is 0 Å². The molecule has 1 aliphatic carbocycles. The van der Waals surface area contributed by atoms with Gasteiger partial charge in [-0.3, -0.25) is 4.79 Å². The minimum absolute atomic E-state index is 0.204. The molecule has 1 aliphatic rings. The number of aryl methyl sites for hydroxylation is 1. The highest BCUT2D eigenvalue weighted by Gasteiger charge is 2.34. The van der Waals surface area contributed by atoms with Crippen molar-refractivity contribution in [3.05, 3.63) is 34.4 Å². The molecule has 0 radical (unpaired) electrons. The van der Waals surface area contributed by atoms with E-state index in [1.54, 1.807) is 6.92 Å². The number of carbonyl (C=O) groups excluding carboxylic acids is 1. The van der Waals surface area contributed by atoms with Crippen molar-refractivity contribution in [2.24, 2.45) is 0 Å². The second-order valence-electron chi connectivity index (χ2n) is 6.36. The van der Waals surface area contributed by atoms with Crippen molar-refractivity contribution < 1.29 is 4.79 Å². The topological polar surface area (TPSA) is 17.1 Å². The van der Waals surface area contributed by atoms with Crippen molar-refractivity contribution in [2.45, 2.75) is 71.6 Å². The van der Waals surface area contributed by atoms with Crippen LogP contribution < -0.4 is 0 Å². The van der Waals surface area contributed by atoms with E-state index in [2.05, 4.69) is 39.8 Å². The van der Waals surface area contributed by atoms with Crippen molar-refractivity contribution in [1.29, 1.82) is 0 Å². The van der Waals surface area contributed by atoms with Gasteiger partial charge in [-0.2, -0.15) is 0 Å². The molecule has 1 nitrogen and oxygen atoms in total. The SMILES string of the molecule is CCc1cc2c(cc1C(C)=O)C(C)CCC2(C)CC. The average molecular weight is 258 g/mol. The van der Waals surface area contributed by atoms with Crippen LogP contribution >= 0.6 is 0 Å². The Balaban J connectivity index is 2.67. The van der Waals surface area contributed by atoms with Gasteiger partial charge in [-0.1, -0.05) is 33.8 Å². The number of fused-ring (bicyclic) bond motifs is 1. The summed E-state index contributed by atoms with van der Waals surface area (Å²) in [5.74, 6) is 0.786. The number of rotatable bonds is 3. The van der Waals surface area contributed by atoms with Crippen molar-refractivity contribution in [2.75, 3.05) is 0 Å². The maximum absolute atomic E-state index is 11.8. The van der Waals surface area contributed by atoms with E-state index in [1.165, 1.54) is 36.0 Å². The van der Waals surface area contributed by atoms with Crippen LogP contribution in [-0.4, -0.2) is 5.78 Å². The van der Waals surface area contributed by atoms with Gasteiger partial charge in [0, 0.05) is 5.56 Å². The lowest BCUT2D eigenvalue weighted by Crippen LogP contribution is -2.29. The van der Waals surface area contributed by atoms with Crippen molar-refractivity contribution in [3.63, 3.8) is 0 Å². The molecule has 2 atom stereocenters. The van der Waals surface area contributed by atoms with Crippen molar-refractivity contribution >= 4 is 5.78 Å². The second-order valence-corrected chi connectivity index (χ2v) is 6.36. The summed E-state index contributed by atoms with van der Waals surface area (Å²) in [7, 11) is 0. The van der Waals surface area contributed by atoms with Gasteiger partial charge in [-0.25, -0.2) is 0 Å². The van der Waals surface area contributed by atoms with E-state index in [1.807, 2.05) is 0 Å². The van der Waals surface area contributed by atoms with Gasteiger partial charge >= 0.3 is 0 Å². The van der Waals surface area contributed by atoms with E-state index in [0.29, 0.717) is 11.3 Å². The fraction of sp³-hybridized carbons (Fsp3) is 0.611. The van der Waals surface area contributed by atoms with E-state index < -0.39 is 0 Å². The molecule has 2 unspecified atom stereocenters. The summed E-state index contributed by atoms with van der Waals surface area (Å²) < 4.78 is 0. The van der Waals surface area contributed by atoms with Crippen LogP contribution in [0.1, 0.15) is 86.8 Å². The molecule has 0 saturated heterocycles. The van der Waals surface area contributed by atoms with Gasteiger partial charge < -0.3 is 0 Å². The Morgan fingerprint density at radius 2 is 2.05 bits per heavy atom. The summed E-state index contributed by atoms with van der Waals surface area (Å²) in [4.78, 5) is 11.8. The third-order valence-electron chi connectivity index (χ3n) is 5.13. The summed E-state index contributed by atoms with van der Waals surface area (Å²) in [6.45, 7) is 10.8. The largest absolute Gasteiger partial charge is 0.295 e. The Bertz CT molecular complexity index is 501. The highest BCUT2D eigenvalue weighted by atomic mass is 16.1. The number of benzene rings is 1. The molecule has 2 rings (SSSR count). The van der Waals surface area contributed by atoms with Crippen LogP contribution in [0.5, 0.6) is 0 Å². The number of Topliss-reactive ketones (excluding diaryl/α,β-unsaturated/α-hetero) is 1. The second kappa shape index (κ2) is 5.11. The zero-order chi connectivity index (χ0) is 14.2. The molecular formula is C18H26O. The van der Waals surface area contributed by atoms with Crippen LogP contribution in [0.15, 0.2) is 12.1 Å². The average Bonchev–Trinajstić information content (AvgIpc) is 2.41. The first-order valence-electron chi connectivity index (χ1n) is 7.61. The van der Waals surface area contributed by atoms with Crippen LogP contribution in [-0.2, 0) is 11.8 Å². The predicted octanol–water partition coefficient (Wildman–Crippen LogP) is 5.02. The Labute approximate surface area is 117 Å². The van der Waals surface area contributed by atoms with Gasteiger partial charge in [0.25, 0.3) is 0 Å². The molecule has 1 aromatic carbocycles. The van der Waals surface area contributed by atoms with Crippen LogP contribution in [0.3, 0.4) is 0 Å². The van der Waals surface area contributed by atoms with Crippen LogP contribution in [0, 0.1) is 0 Å². The number of hydrogen-bond donors (Lipinski definition) is 0. The summed E-state index contributed by atoms with van der Waals surface area (Å²) >= 11 is 0. The van der Waals surface area contributed by atoms with Crippen molar-refractivity contribution in [1.82, 2.24) is 0 Å². The summed E-state index contributed by atoms with van der Waals surface area (Å²) in [6.07, 6.45) is 4.62. The standard InChI is InChI=1S/C18H26O/c1-6-14-10-17-15(11-16(14)13(4)19)12(3)8-9-18(17,5)7-2/h10-12H,6-9H2,1-5H3. The molecule has 0 spiro atoms. The molecule has 0 bridgehead atoms. The molecule has 0 amide bonds. The molecule has 0 N–H and O–H groups in total. The number of ketones is 1. The van der Waals surface area contributed by atoms with Gasteiger partial charge in [-0.05, 0) is 66.7 Å². The smallest absolute Gasteiger partial charge is 0.160 e. The molecule has 1 aromatic rings. The molecule has 19 heavy (non-hydrogen) atoms. The number of hydrogen-bond acceptors (Lipinski definition) is 1. The molecule has 0 heterocycles. The molecular weight excluding hydrogens is 232 g/mol. The first-order chi connectivity index (χ1) is 8.92. The monoisotopic (exact) mass is 258 g/mol. The van der Waals surface area contributed by atoms with Gasteiger partial charge in [0.1, 0.15) is 0 Å². The van der Waals surface area contributed by atoms with Gasteiger partial charge in [0.15, 0.2) is 5.78 Å². The third-order valence-corrected chi connectivity index (χ3v) is 5.13. The maximum atomic E-state index is 11.8. The van der Waals surface area contributed by atoms with Crippen LogP contribution in [0.4, 0.5) is 0 Å². The molecule has 0 aliphatic heterocycles. The molecule has 104 valence electrons. The first kappa shape index (κ1) is 14.3.